The van der Waals surface area contributed by atoms with Crippen LogP contribution in [0.25, 0.3) is 0 Å². The molecule has 188 valence electrons. The van der Waals surface area contributed by atoms with E-state index in [1.807, 2.05) is 0 Å². The fourth-order valence-corrected chi connectivity index (χ4v) is 5.16. The third kappa shape index (κ3) is 6.75. The fourth-order valence-electron chi connectivity index (χ4n) is 3.56. The van der Waals surface area contributed by atoms with Crippen molar-refractivity contribution >= 4 is 81.5 Å². The first-order chi connectivity index (χ1) is 16.1. The molecule has 35 heavy (non-hydrogen) atoms. The van der Waals surface area contributed by atoms with Crippen LogP contribution in [0.15, 0.2) is 36.4 Å². The number of hydrogen-bond acceptors (Lipinski definition) is 4. The van der Waals surface area contributed by atoms with Gasteiger partial charge in [-0.25, -0.2) is 4.79 Å². The van der Waals surface area contributed by atoms with Gasteiger partial charge >= 0.3 is 6.09 Å². The van der Waals surface area contributed by atoms with Gasteiger partial charge in [0.1, 0.15) is 9.93 Å². The van der Waals surface area contributed by atoms with Crippen LogP contribution in [0, 0.1) is 5.92 Å². The molecule has 2 aromatic rings. The highest BCUT2D eigenvalue weighted by Crippen LogP contribution is 2.65. The number of nitrogens with one attached hydrogen (secondary N) is 1. The average Bonchev–Trinajstić information content (AvgIpc) is 3.29. The second kappa shape index (κ2) is 10.3. The van der Waals surface area contributed by atoms with Crippen molar-refractivity contribution in [3.63, 3.8) is 0 Å². The molecule has 1 aliphatic carbocycles. The first kappa shape index (κ1) is 27.9. The summed E-state index contributed by atoms with van der Waals surface area (Å²) < 4.78 is 3.91. The van der Waals surface area contributed by atoms with E-state index in [-0.39, 0.29) is 17.1 Å². The van der Waals surface area contributed by atoms with E-state index in [9.17, 15) is 14.4 Å². The highest BCUT2D eigenvalue weighted by atomic mass is 35.5. The molecule has 6 nitrogen and oxygen atoms in total. The number of ketones is 1. The number of rotatable bonds is 6. The van der Waals surface area contributed by atoms with Crippen LogP contribution >= 0.6 is 58.0 Å². The number of hydrogen-bond donors (Lipinski definition) is 1. The third-order valence-corrected chi connectivity index (χ3v) is 6.91. The van der Waals surface area contributed by atoms with E-state index in [1.165, 1.54) is 19.2 Å². The monoisotopic (exact) mass is 578 g/mol. The minimum absolute atomic E-state index is 0.136. The summed E-state index contributed by atoms with van der Waals surface area (Å²) >= 11 is 31.2. The lowest BCUT2D eigenvalue weighted by atomic mass is 10.1. The molecule has 0 bridgehead atoms. The maximum atomic E-state index is 13.0. The Morgan fingerprint density at radius 1 is 1.03 bits per heavy atom. The van der Waals surface area contributed by atoms with Gasteiger partial charge in [-0.2, -0.15) is 0 Å². The number of carbonyl (C=O) groups is 3. The van der Waals surface area contributed by atoms with Crippen LogP contribution in [0.2, 0.25) is 15.1 Å². The van der Waals surface area contributed by atoms with E-state index in [1.54, 1.807) is 45.0 Å². The van der Waals surface area contributed by atoms with Crippen LogP contribution in [-0.2, 0) is 9.53 Å². The predicted octanol–water partition coefficient (Wildman–Crippen LogP) is 7.22. The maximum Gasteiger partial charge on any atom is 0.410 e. The molecular formula is C24H23Cl5N2O4. The molecule has 2 aromatic carbocycles. The van der Waals surface area contributed by atoms with E-state index >= 15 is 0 Å². The largest absolute Gasteiger partial charge is 0.444 e. The number of halogens is 5. The van der Waals surface area contributed by atoms with Crippen LogP contribution in [0.4, 0.5) is 10.5 Å². The number of amides is 2. The Hall–Kier alpha value is -1.70. The van der Waals surface area contributed by atoms with Crippen LogP contribution < -0.4 is 5.32 Å². The molecule has 3 rings (SSSR count). The number of likely N-dealkylation sites (N-methyl/N-ethyl adjacent to an activating group) is 1. The van der Waals surface area contributed by atoms with Gasteiger partial charge in [0.2, 0.25) is 5.91 Å². The van der Waals surface area contributed by atoms with Gasteiger partial charge in [-0.1, -0.05) is 34.8 Å². The van der Waals surface area contributed by atoms with Crippen LogP contribution in [0.3, 0.4) is 0 Å². The zero-order valence-corrected chi connectivity index (χ0v) is 23.1. The minimum atomic E-state index is -1.35. The van der Waals surface area contributed by atoms with Crippen molar-refractivity contribution in [3.8, 4) is 0 Å². The fraction of sp³-hybridized carbons (Fsp3) is 0.375. The van der Waals surface area contributed by atoms with Gasteiger partial charge in [-0.15, -0.1) is 23.2 Å². The van der Waals surface area contributed by atoms with Crippen LogP contribution in [-0.4, -0.2) is 46.2 Å². The molecule has 0 aromatic heterocycles. The topological polar surface area (TPSA) is 75.7 Å². The van der Waals surface area contributed by atoms with Crippen molar-refractivity contribution in [2.75, 3.05) is 18.9 Å². The number of alkyl halides is 2. The van der Waals surface area contributed by atoms with Crippen molar-refractivity contribution in [2.24, 2.45) is 5.92 Å². The Kier molecular flexibility index (Phi) is 8.24. The van der Waals surface area contributed by atoms with Crippen molar-refractivity contribution < 1.29 is 19.1 Å². The third-order valence-electron chi connectivity index (χ3n) is 5.20. The SMILES string of the molecule is CN(CC(=O)c1cc(NC(=O)C2C(c3cc(Cl)cc(Cl)c3)C2(Cl)Cl)ccc1Cl)C(=O)OC(C)(C)C. The lowest BCUT2D eigenvalue weighted by molar-refractivity contribution is -0.117. The van der Waals surface area contributed by atoms with Gasteiger partial charge in [0, 0.05) is 34.3 Å². The molecule has 1 fully saturated rings. The first-order valence-electron chi connectivity index (χ1n) is 10.5. The lowest BCUT2D eigenvalue weighted by Crippen LogP contribution is -2.37. The van der Waals surface area contributed by atoms with E-state index in [4.69, 9.17) is 62.7 Å². The zero-order chi connectivity index (χ0) is 26.3. The minimum Gasteiger partial charge on any atom is -0.444 e. The Balaban J connectivity index is 1.72. The molecule has 0 radical (unpaired) electrons. The number of anilines is 1. The van der Waals surface area contributed by atoms with Crippen molar-refractivity contribution in [1.82, 2.24) is 4.90 Å². The van der Waals surface area contributed by atoms with Gasteiger partial charge in [0.25, 0.3) is 0 Å². The quantitative estimate of drug-likeness (QED) is 0.289. The van der Waals surface area contributed by atoms with Gasteiger partial charge in [-0.05, 0) is 62.7 Å². The van der Waals surface area contributed by atoms with E-state index in [2.05, 4.69) is 5.32 Å². The molecule has 0 spiro atoms. The summed E-state index contributed by atoms with van der Waals surface area (Å²) in [6.07, 6.45) is -0.645. The van der Waals surface area contributed by atoms with Crippen molar-refractivity contribution in [2.45, 2.75) is 36.6 Å². The summed E-state index contributed by atoms with van der Waals surface area (Å²) in [6.45, 7) is 4.92. The van der Waals surface area contributed by atoms with E-state index in [0.29, 0.717) is 21.3 Å². The second-order valence-electron chi connectivity index (χ2n) is 9.28. The first-order valence-corrected chi connectivity index (χ1v) is 12.4. The standard InChI is InChI=1S/C24H23Cl5N2O4/c1-23(2,3)35-22(34)31(4)11-18(32)16-10-15(5-6-17(16)27)30-21(33)20-19(24(20,28)29)12-7-13(25)9-14(26)8-12/h5-10,19-20H,11H2,1-4H3,(H,30,33). The number of ether oxygens (including phenoxy) is 1. The number of Topliss-reactive ketones (excluding diaryl/α,β-unsaturated/α-hetero) is 1. The Morgan fingerprint density at radius 3 is 2.20 bits per heavy atom. The maximum absolute atomic E-state index is 13.0. The molecule has 0 aliphatic heterocycles. The lowest BCUT2D eigenvalue weighted by Gasteiger charge is -2.24. The molecule has 2 atom stereocenters. The van der Waals surface area contributed by atoms with Gasteiger partial charge in [0.05, 0.1) is 17.5 Å². The predicted molar refractivity (Wildman–Crippen MR) is 140 cm³/mol. The van der Waals surface area contributed by atoms with Crippen molar-refractivity contribution in [3.05, 3.63) is 62.6 Å². The highest BCUT2D eigenvalue weighted by molar-refractivity contribution is 6.53. The summed E-state index contributed by atoms with van der Waals surface area (Å²) in [4.78, 5) is 39.1. The molecule has 1 N–H and O–H groups in total. The molecule has 11 heteroatoms. The molecule has 0 saturated heterocycles. The summed E-state index contributed by atoms with van der Waals surface area (Å²) in [5.41, 5.74) is 0.399. The van der Waals surface area contributed by atoms with Crippen molar-refractivity contribution in [1.29, 1.82) is 0 Å². The molecule has 1 aliphatic rings. The molecule has 2 unspecified atom stereocenters. The van der Waals surface area contributed by atoms with Gasteiger partial charge in [-0.3, -0.25) is 9.59 Å². The normalized spacial score (nSPS) is 18.5. The molecule has 2 amide bonds. The Bertz CT molecular complexity index is 1160. The van der Waals surface area contributed by atoms with E-state index < -0.39 is 39.6 Å². The zero-order valence-electron chi connectivity index (χ0n) is 19.3. The van der Waals surface area contributed by atoms with Crippen LogP contribution in [0.5, 0.6) is 0 Å². The van der Waals surface area contributed by atoms with E-state index in [0.717, 1.165) is 4.90 Å². The summed E-state index contributed by atoms with van der Waals surface area (Å²) in [6, 6.07) is 9.35. The number of benzene rings is 2. The van der Waals surface area contributed by atoms with Gasteiger partial charge in [0.15, 0.2) is 5.78 Å². The molecule has 0 heterocycles. The molecular weight excluding hydrogens is 558 g/mol. The second-order valence-corrected chi connectivity index (χ2v) is 12.0. The molecule has 1 saturated carbocycles. The highest BCUT2D eigenvalue weighted by Gasteiger charge is 2.67. The Morgan fingerprint density at radius 2 is 1.63 bits per heavy atom. The van der Waals surface area contributed by atoms with Crippen LogP contribution in [0.1, 0.15) is 42.6 Å². The summed E-state index contributed by atoms with van der Waals surface area (Å²) in [7, 11) is 1.45. The summed E-state index contributed by atoms with van der Waals surface area (Å²) in [5, 5.41) is 3.71. The average molecular weight is 581 g/mol. The smallest absolute Gasteiger partial charge is 0.410 e. The number of nitrogens with zero attached hydrogens (tertiary/aromatic N) is 1. The Labute approximate surface area is 228 Å². The van der Waals surface area contributed by atoms with Gasteiger partial charge < -0.3 is 15.0 Å². The number of carbonyl (C=O) groups excluding carboxylic acids is 3. The summed E-state index contributed by atoms with van der Waals surface area (Å²) in [5.74, 6) is -2.16.